The highest BCUT2D eigenvalue weighted by Crippen LogP contribution is 2.37. The van der Waals surface area contributed by atoms with Crippen LogP contribution in [0.3, 0.4) is 0 Å². The highest BCUT2D eigenvalue weighted by atomic mass is 32.2. The van der Waals surface area contributed by atoms with Crippen molar-refractivity contribution >= 4 is 15.8 Å². The molecule has 4 rings (SSSR count). The van der Waals surface area contributed by atoms with Crippen molar-refractivity contribution in [2.45, 2.75) is 56.0 Å². The fraction of sp³-hybridized carbons (Fsp3) is 0.571. The van der Waals surface area contributed by atoms with Crippen LogP contribution in [0.15, 0.2) is 34.0 Å². The number of rotatable bonds is 8. The van der Waals surface area contributed by atoms with Crippen LogP contribution in [0.4, 0.5) is 0 Å². The molecular weight excluding hydrogens is 420 g/mol. The van der Waals surface area contributed by atoms with Crippen molar-refractivity contribution in [3.05, 3.63) is 46.1 Å². The molecule has 0 spiro atoms. The van der Waals surface area contributed by atoms with Gasteiger partial charge in [0.25, 0.3) is 0 Å². The number of benzene rings is 1. The average molecular weight is 449 g/mol. The zero-order chi connectivity index (χ0) is 22.2. The summed E-state index contributed by atoms with van der Waals surface area (Å²) >= 11 is 0. The van der Waals surface area contributed by atoms with Crippen LogP contribution < -0.4 is 5.69 Å². The normalized spacial score (nSPS) is 20.1. The summed E-state index contributed by atoms with van der Waals surface area (Å²) in [7, 11) is -2.12. The monoisotopic (exact) mass is 448 g/mol. The molecule has 2 aliphatic rings. The number of aromatic nitrogens is 3. The SMILES string of the molecule is COCCn1nc(C2CCCN(S(=O)(=O)c3ccc(C(C)=O)cc3)C2)n(C2CC2)c1=O. The molecule has 1 aromatic carbocycles. The molecule has 0 bridgehead atoms. The molecule has 0 N–H and O–H groups in total. The Kier molecular flexibility index (Phi) is 6.14. The van der Waals surface area contributed by atoms with E-state index in [0.29, 0.717) is 37.5 Å². The van der Waals surface area contributed by atoms with Crippen LogP contribution in [0.2, 0.25) is 0 Å². The van der Waals surface area contributed by atoms with Gasteiger partial charge in [0.2, 0.25) is 10.0 Å². The zero-order valence-electron chi connectivity index (χ0n) is 17.9. The summed E-state index contributed by atoms with van der Waals surface area (Å²) in [6.07, 6.45) is 3.36. The molecule has 31 heavy (non-hydrogen) atoms. The van der Waals surface area contributed by atoms with Crippen molar-refractivity contribution in [1.82, 2.24) is 18.7 Å². The largest absolute Gasteiger partial charge is 0.383 e. The third-order valence-electron chi connectivity index (χ3n) is 5.96. The minimum Gasteiger partial charge on any atom is -0.383 e. The van der Waals surface area contributed by atoms with Crippen molar-refractivity contribution in [1.29, 1.82) is 0 Å². The standard InChI is InChI=1S/C21H28N4O5S/c1-15(26)16-5-9-19(10-6-16)31(28,29)23-11-3-4-17(14-23)20-22-24(12-13-30-2)21(27)25(20)18-7-8-18/h5-6,9-10,17-18H,3-4,7-8,11-14H2,1-2H3. The van der Waals surface area contributed by atoms with Crippen LogP contribution in [0.5, 0.6) is 0 Å². The molecule has 0 amide bonds. The summed E-state index contributed by atoms with van der Waals surface area (Å²) < 4.78 is 36.2. The summed E-state index contributed by atoms with van der Waals surface area (Å²) in [6.45, 7) is 2.92. The lowest BCUT2D eigenvalue weighted by Crippen LogP contribution is -2.40. The molecule has 1 aromatic heterocycles. The van der Waals surface area contributed by atoms with Crippen LogP contribution in [0.25, 0.3) is 0 Å². The van der Waals surface area contributed by atoms with Crippen LogP contribution >= 0.6 is 0 Å². The van der Waals surface area contributed by atoms with Gasteiger partial charge in [0.1, 0.15) is 5.82 Å². The number of carbonyl (C=O) groups excluding carboxylic acids is 1. The van der Waals surface area contributed by atoms with Crippen LogP contribution in [-0.4, -0.2) is 59.7 Å². The van der Waals surface area contributed by atoms with Gasteiger partial charge in [-0.3, -0.25) is 9.36 Å². The van der Waals surface area contributed by atoms with E-state index in [1.807, 2.05) is 0 Å². The molecule has 1 saturated carbocycles. The Hall–Kier alpha value is -2.30. The van der Waals surface area contributed by atoms with E-state index in [4.69, 9.17) is 4.74 Å². The van der Waals surface area contributed by atoms with Gasteiger partial charge in [-0.25, -0.2) is 17.9 Å². The van der Waals surface area contributed by atoms with Gasteiger partial charge < -0.3 is 4.74 Å². The first-order chi connectivity index (χ1) is 14.8. The highest BCUT2D eigenvalue weighted by molar-refractivity contribution is 7.89. The molecule has 1 saturated heterocycles. The van der Waals surface area contributed by atoms with Crippen LogP contribution in [0, 0.1) is 0 Å². The number of methoxy groups -OCH3 is 1. The third-order valence-corrected chi connectivity index (χ3v) is 7.84. The lowest BCUT2D eigenvalue weighted by atomic mass is 9.99. The minimum absolute atomic E-state index is 0.107. The number of piperidine rings is 1. The Bertz CT molecular complexity index is 1120. The average Bonchev–Trinajstić information content (AvgIpc) is 3.55. The number of nitrogens with zero attached hydrogens (tertiary/aromatic N) is 4. The quantitative estimate of drug-likeness (QED) is 0.571. The van der Waals surface area contributed by atoms with Gasteiger partial charge in [-0.2, -0.15) is 9.40 Å². The maximum absolute atomic E-state index is 13.2. The summed E-state index contributed by atoms with van der Waals surface area (Å²) in [5, 5.41) is 4.58. The van der Waals surface area contributed by atoms with Gasteiger partial charge in [0.05, 0.1) is 18.0 Å². The third kappa shape index (κ3) is 4.37. The van der Waals surface area contributed by atoms with E-state index in [1.54, 1.807) is 23.8 Å². The Morgan fingerprint density at radius 2 is 1.90 bits per heavy atom. The number of sulfonamides is 1. The molecule has 1 unspecified atom stereocenters. The smallest absolute Gasteiger partial charge is 0.346 e. The van der Waals surface area contributed by atoms with Crippen LogP contribution in [0.1, 0.15) is 60.7 Å². The molecular formula is C21H28N4O5S. The molecule has 1 atom stereocenters. The van der Waals surface area contributed by atoms with E-state index in [-0.39, 0.29) is 34.9 Å². The van der Waals surface area contributed by atoms with Gasteiger partial charge in [0.15, 0.2) is 5.78 Å². The van der Waals surface area contributed by atoms with Gasteiger partial charge >= 0.3 is 5.69 Å². The predicted molar refractivity (Wildman–Crippen MR) is 114 cm³/mol. The first-order valence-corrected chi connectivity index (χ1v) is 12.1. The molecule has 168 valence electrons. The summed E-state index contributed by atoms with van der Waals surface area (Å²) in [4.78, 5) is 24.5. The summed E-state index contributed by atoms with van der Waals surface area (Å²) in [5.41, 5.74) is 0.333. The van der Waals surface area contributed by atoms with Crippen molar-refractivity contribution in [3.63, 3.8) is 0 Å². The Balaban J connectivity index is 1.60. The molecule has 2 heterocycles. The molecule has 1 aliphatic heterocycles. The van der Waals surface area contributed by atoms with Gasteiger partial charge in [0, 0.05) is 37.7 Å². The van der Waals surface area contributed by atoms with Gasteiger partial charge in [-0.15, -0.1) is 0 Å². The molecule has 10 heteroatoms. The Morgan fingerprint density at radius 1 is 1.19 bits per heavy atom. The second kappa shape index (κ2) is 8.68. The second-order valence-corrected chi connectivity index (χ2v) is 10.2. The highest BCUT2D eigenvalue weighted by Gasteiger charge is 2.37. The topological polar surface area (TPSA) is 104 Å². The maximum Gasteiger partial charge on any atom is 0.346 e. The van der Waals surface area contributed by atoms with Crippen molar-refractivity contribution < 1.29 is 17.9 Å². The van der Waals surface area contributed by atoms with E-state index < -0.39 is 10.0 Å². The number of hydrogen-bond donors (Lipinski definition) is 0. The predicted octanol–water partition coefficient (Wildman–Crippen LogP) is 1.80. The first-order valence-electron chi connectivity index (χ1n) is 10.6. The van der Waals surface area contributed by atoms with Crippen molar-refractivity contribution in [2.75, 3.05) is 26.8 Å². The fourth-order valence-corrected chi connectivity index (χ4v) is 5.62. The molecule has 9 nitrogen and oxygen atoms in total. The maximum atomic E-state index is 13.2. The summed E-state index contributed by atoms with van der Waals surface area (Å²) in [6, 6.07) is 6.20. The number of ether oxygens (including phenoxy) is 1. The minimum atomic E-state index is -3.70. The fourth-order valence-electron chi connectivity index (χ4n) is 4.10. The molecule has 2 aromatic rings. The van der Waals surface area contributed by atoms with E-state index in [2.05, 4.69) is 5.10 Å². The Labute approximate surface area is 181 Å². The Morgan fingerprint density at radius 3 is 2.52 bits per heavy atom. The zero-order valence-corrected chi connectivity index (χ0v) is 18.7. The lowest BCUT2D eigenvalue weighted by Gasteiger charge is -2.31. The van der Waals surface area contributed by atoms with E-state index in [0.717, 1.165) is 19.3 Å². The molecule has 1 aliphatic carbocycles. The first kappa shape index (κ1) is 21.9. The van der Waals surface area contributed by atoms with Crippen molar-refractivity contribution in [2.24, 2.45) is 0 Å². The van der Waals surface area contributed by atoms with E-state index in [1.165, 1.54) is 28.0 Å². The number of Topliss-reactive ketones (excluding diaryl/α,β-unsaturated/α-hetero) is 1. The second-order valence-electron chi connectivity index (χ2n) is 8.24. The number of carbonyl (C=O) groups is 1. The lowest BCUT2D eigenvalue weighted by molar-refractivity contribution is 0.101. The number of hydrogen-bond acceptors (Lipinski definition) is 6. The van der Waals surface area contributed by atoms with Gasteiger partial charge in [-0.1, -0.05) is 12.1 Å². The van der Waals surface area contributed by atoms with E-state index in [9.17, 15) is 18.0 Å². The molecule has 0 radical (unpaired) electrons. The van der Waals surface area contributed by atoms with Crippen LogP contribution in [-0.2, 0) is 21.3 Å². The van der Waals surface area contributed by atoms with E-state index >= 15 is 0 Å². The van der Waals surface area contributed by atoms with Gasteiger partial charge in [-0.05, 0) is 44.7 Å². The van der Waals surface area contributed by atoms with Crippen molar-refractivity contribution in [3.8, 4) is 0 Å². The number of ketones is 1. The summed E-state index contributed by atoms with van der Waals surface area (Å²) in [5.74, 6) is 0.427. The molecule has 2 fully saturated rings.